The lowest BCUT2D eigenvalue weighted by Crippen LogP contribution is -2.06. The van der Waals surface area contributed by atoms with E-state index in [2.05, 4.69) is 5.32 Å². The third kappa shape index (κ3) is 4.31. The number of nitrogens with zero attached hydrogens (tertiary/aromatic N) is 1. The molecule has 6 nitrogen and oxygen atoms in total. The summed E-state index contributed by atoms with van der Waals surface area (Å²) in [5.41, 5.74) is 1.33. The van der Waals surface area contributed by atoms with E-state index in [0.29, 0.717) is 12.2 Å². The minimum atomic E-state index is -1.18. The molecule has 0 spiro atoms. The average molecular weight is 300 g/mol. The van der Waals surface area contributed by atoms with Crippen molar-refractivity contribution >= 4 is 17.3 Å². The monoisotopic (exact) mass is 300 g/mol. The van der Waals surface area contributed by atoms with Crippen molar-refractivity contribution in [3.05, 3.63) is 69.8 Å². The zero-order chi connectivity index (χ0) is 15.9. The van der Waals surface area contributed by atoms with Gasteiger partial charge in [0.05, 0.1) is 10.5 Å². The molecule has 114 valence electrons. The molecule has 2 rings (SSSR count). The largest absolute Gasteiger partial charge is 0.478 e. The molecule has 0 fully saturated rings. The van der Waals surface area contributed by atoms with Crippen LogP contribution < -0.4 is 5.32 Å². The first-order chi connectivity index (χ1) is 10.6. The number of rotatable bonds is 7. The number of non-ortho nitro benzene ring substituents is 1. The summed E-state index contributed by atoms with van der Waals surface area (Å²) in [5, 5.41) is 22.9. The Labute approximate surface area is 127 Å². The normalized spacial score (nSPS) is 10.2. The van der Waals surface area contributed by atoms with Crippen LogP contribution in [0.25, 0.3) is 0 Å². The molecule has 2 N–H and O–H groups in total. The Morgan fingerprint density at radius 1 is 1.18 bits per heavy atom. The van der Waals surface area contributed by atoms with Crippen LogP contribution in [0, 0.1) is 10.1 Å². The highest BCUT2D eigenvalue weighted by atomic mass is 16.6. The van der Waals surface area contributed by atoms with Crippen LogP contribution in [0.15, 0.2) is 48.5 Å². The topological polar surface area (TPSA) is 92.5 Å². The van der Waals surface area contributed by atoms with E-state index in [9.17, 15) is 14.9 Å². The van der Waals surface area contributed by atoms with Crippen molar-refractivity contribution in [2.75, 3.05) is 11.9 Å². The first kappa shape index (κ1) is 15.5. The van der Waals surface area contributed by atoms with Gasteiger partial charge in [0.2, 0.25) is 0 Å². The van der Waals surface area contributed by atoms with Crippen molar-refractivity contribution in [1.29, 1.82) is 0 Å². The predicted octanol–water partition coefficient (Wildman–Crippen LogP) is 3.34. The molecule has 0 saturated carbocycles. The molecule has 0 aliphatic rings. The number of carbonyl (C=O) groups is 1. The maximum Gasteiger partial charge on any atom is 0.336 e. The molecule has 0 radical (unpaired) electrons. The summed E-state index contributed by atoms with van der Waals surface area (Å²) in [4.78, 5) is 21.2. The smallest absolute Gasteiger partial charge is 0.336 e. The van der Waals surface area contributed by atoms with E-state index in [0.717, 1.165) is 18.9 Å². The number of carboxylic acid groups (broad SMARTS) is 1. The Morgan fingerprint density at radius 2 is 1.91 bits per heavy atom. The molecule has 6 heteroatoms. The summed E-state index contributed by atoms with van der Waals surface area (Å²) >= 11 is 0. The van der Waals surface area contributed by atoms with E-state index >= 15 is 0 Å². The Kier molecular flexibility index (Phi) is 5.08. The van der Waals surface area contributed by atoms with Gasteiger partial charge in [-0.1, -0.05) is 30.3 Å². The van der Waals surface area contributed by atoms with Gasteiger partial charge in [-0.05, 0) is 24.5 Å². The van der Waals surface area contributed by atoms with Gasteiger partial charge < -0.3 is 10.4 Å². The number of nitro groups is 1. The number of anilines is 1. The molecule has 22 heavy (non-hydrogen) atoms. The second kappa shape index (κ2) is 7.21. The second-order valence-corrected chi connectivity index (χ2v) is 4.85. The molecule has 0 amide bonds. The highest BCUT2D eigenvalue weighted by molar-refractivity contribution is 5.89. The van der Waals surface area contributed by atoms with Gasteiger partial charge in [0.1, 0.15) is 0 Å². The fraction of sp³-hybridized carbons (Fsp3) is 0.188. The van der Waals surface area contributed by atoms with E-state index in [-0.39, 0.29) is 11.3 Å². The minimum absolute atomic E-state index is 0.0974. The Balaban J connectivity index is 1.97. The molecule has 0 bridgehead atoms. The quantitative estimate of drug-likeness (QED) is 0.465. The van der Waals surface area contributed by atoms with Gasteiger partial charge >= 0.3 is 5.97 Å². The van der Waals surface area contributed by atoms with Crippen LogP contribution >= 0.6 is 0 Å². The molecule has 0 aromatic heterocycles. The number of hydrogen-bond donors (Lipinski definition) is 2. The highest BCUT2D eigenvalue weighted by Crippen LogP contribution is 2.21. The van der Waals surface area contributed by atoms with Crippen LogP contribution in [-0.2, 0) is 6.42 Å². The number of aryl methyl sites for hydroxylation is 1. The van der Waals surface area contributed by atoms with Crippen LogP contribution in [-0.4, -0.2) is 22.5 Å². The molecule has 2 aromatic rings. The molecule has 0 saturated heterocycles. The number of nitrogens with one attached hydrogen (secondary N) is 1. The van der Waals surface area contributed by atoms with Crippen molar-refractivity contribution in [2.24, 2.45) is 0 Å². The molecular weight excluding hydrogens is 284 g/mol. The molecular formula is C16H16N2O4. The molecule has 0 aliphatic heterocycles. The van der Waals surface area contributed by atoms with E-state index in [4.69, 9.17) is 5.11 Å². The predicted molar refractivity (Wildman–Crippen MR) is 83.3 cm³/mol. The fourth-order valence-corrected chi connectivity index (χ4v) is 2.11. The van der Waals surface area contributed by atoms with Crippen LogP contribution in [0.5, 0.6) is 0 Å². The first-order valence-corrected chi connectivity index (χ1v) is 6.87. The lowest BCUT2D eigenvalue weighted by molar-refractivity contribution is -0.384. The van der Waals surface area contributed by atoms with Gasteiger partial charge in [0.25, 0.3) is 5.69 Å². The van der Waals surface area contributed by atoms with Crippen molar-refractivity contribution in [3.63, 3.8) is 0 Å². The molecule has 0 heterocycles. The zero-order valence-electron chi connectivity index (χ0n) is 11.9. The van der Waals surface area contributed by atoms with Gasteiger partial charge in [-0.3, -0.25) is 10.1 Å². The lowest BCUT2D eigenvalue weighted by Gasteiger charge is -2.07. The summed E-state index contributed by atoms with van der Waals surface area (Å²) < 4.78 is 0. The Morgan fingerprint density at radius 3 is 2.55 bits per heavy atom. The van der Waals surface area contributed by atoms with E-state index < -0.39 is 10.9 Å². The summed E-state index contributed by atoms with van der Waals surface area (Å²) in [7, 11) is 0. The number of nitro benzene ring substituents is 1. The first-order valence-electron chi connectivity index (χ1n) is 6.87. The van der Waals surface area contributed by atoms with E-state index in [1.807, 2.05) is 30.3 Å². The van der Waals surface area contributed by atoms with Crippen LogP contribution in [0.2, 0.25) is 0 Å². The van der Waals surface area contributed by atoms with Crippen LogP contribution in [0.1, 0.15) is 22.3 Å². The molecule has 0 atom stereocenters. The SMILES string of the molecule is O=C(O)c1cc(NCCCc2ccccc2)cc([N+](=O)[O-])c1. The average Bonchev–Trinajstić information content (AvgIpc) is 2.52. The van der Waals surface area contributed by atoms with Gasteiger partial charge in [-0.25, -0.2) is 4.79 Å². The van der Waals surface area contributed by atoms with Crippen molar-refractivity contribution in [1.82, 2.24) is 0 Å². The summed E-state index contributed by atoms with van der Waals surface area (Å²) in [6, 6.07) is 13.8. The molecule has 0 aliphatic carbocycles. The summed E-state index contributed by atoms with van der Waals surface area (Å²) in [6.45, 7) is 0.606. The fourth-order valence-electron chi connectivity index (χ4n) is 2.11. The van der Waals surface area contributed by atoms with Crippen LogP contribution in [0.4, 0.5) is 11.4 Å². The third-order valence-corrected chi connectivity index (χ3v) is 3.19. The van der Waals surface area contributed by atoms with E-state index in [1.165, 1.54) is 17.7 Å². The third-order valence-electron chi connectivity index (χ3n) is 3.19. The Hall–Kier alpha value is -2.89. The lowest BCUT2D eigenvalue weighted by atomic mass is 10.1. The van der Waals surface area contributed by atoms with E-state index in [1.54, 1.807) is 0 Å². The zero-order valence-corrected chi connectivity index (χ0v) is 11.9. The number of carboxylic acids is 1. The second-order valence-electron chi connectivity index (χ2n) is 4.85. The minimum Gasteiger partial charge on any atom is -0.478 e. The van der Waals surface area contributed by atoms with Gasteiger partial charge in [-0.15, -0.1) is 0 Å². The van der Waals surface area contributed by atoms with Gasteiger partial charge in [0, 0.05) is 24.4 Å². The van der Waals surface area contributed by atoms with Gasteiger partial charge in [0.15, 0.2) is 0 Å². The number of hydrogen-bond acceptors (Lipinski definition) is 4. The van der Waals surface area contributed by atoms with Gasteiger partial charge in [-0.2, -0.15) is 0 Å². The summed E-state index contributed by atoms with van der Waals surface area (Å²) in [5.74, 6) is -1.18. The summed E-state index contributed by atoms with van der Waals surface area (Å²) in [6.07, 6.45) is 1.73. The van der Waals surface area contributed by atoms with Crippen molar-refractivity contribution in [2.45, 2.75) is 12.8 Å². The van der Waals surface area contributed by atoms with Crippen molar-refractivity contribution in [3.8, 4) is 0 Å². The standard InChI is InChI=1S/C16H16N2O4/c19-16(20)13-9-14(11-15(10-13)18(21)22)17-8-4-7-12-5-2-1-3-6-12/h1-3,5-6,9-11,17H,4,7-8H2,(H,19,20). The number of aromatic carboxylic acids is 1. The number of benzene rings is 2. The highest BCUT2D eigenvalue weighted by Gasteiger charge is 2.13. The molecule has 0 unspecified atom stereocenters. The maximum atomic E-state index is 11.0. The molecule has 2 aromatic carbocycles. The maximum absolute atomic E-state index is 11.0. The van der Waals surface area contributed by atoms with Crippen molar-refractivity contribution < 1.29 is 14.8 Å². The Bertz CT molecular complexity index is 639. The van der Waals surface area contributed by atoms with Crippen LogP contribution in [0.3, 0.4) is 0 Å².